The average Bonchev–Trinajstić information content (AvgIpc) is 2.35. The van der Waals surface area contributed by atoms with Gasteiger partial charge in [-0.3, -0.25) is 0 Å². The Labute approximate surface area is 108 Å². The minimum absolute atomic E-state index is 0.00742. The molecule has 1 aliphatic rings. The highest BCUT2D eigenvalue weighted by Crippen LogP contribution is 2.17. The fourth-order valence-electron chi connectivity index (χ4n) is 2.26. The van der Waals surface area contributed by atoms with Gasteiger partial charge in [-0.25, -0.2) is 9.59 Å². The van der Waals surface area contributed by atoms with Gasteiger partial charge in [-0.05, 0) is 25.7 Å². The number of hydrogen-bond acceptors (Lipinski definition) is 3. The number of nitrogens with two attached hydrogens (primary N) is 1. The van der Waals surface area contributed by atoms with Crippen molar-refractivity contribution in [2.24, 2.45) is 5.73 Å². The number of aliphatic carboxylic acids is 1. The van der Waals surface area contributed by atoms with Gasteiger partial charge < -0.3 is 21.1 Å². The smallest absolute Gasteiger partial charge is 0.329 e. The first-order valence-corrected chi connectivity index (χ1v) is 6.51. The van der Waals surface area contributed by atoms with Crippen molar-refractivity contribution in [1.29, 1.82) is 0 Å². The van der Waals surface area contributed by atoms with Crippen LogP contribution in [0.2, 0.25) is 0 Å². The van der Waals surface area contributed by atoms with Gasteiger partial charge in [0.1, 0.15) is 5.54 Å². The molecule has 0 aromatic carbocycles. The normalized spacial score (nSPS) is 20.6. The molecule has 1 aliphatic heterocycles. The van der Waals surface area contributed by atoms with E-state index in [4.69, 9.17) is 5.73 Å². The molecule has 0 aromatic heterocycles. The van der Waals surface area contributed by atoms with Gasteiger partial charge in [-0.1, -0.05) is 13.8 Å². The molecule has 0 radical (unpaired) electrons. The molecule has 1 fully saturated rings. The lowest BCUT2D eigenvalue weighted by Crippen LogP contribution is -2.59. The van der Waals surface area contributed by atoms with E-state index in [2.05, 4.69) is 5.32 Å². The minimum atomic E-state index is -1.17. The van der Waals surface area contributed by atoms with E-state index < -0.39 is 11.5 Å². The highest BCUT2D eigenvalue weighted by Gasteiger charge is 2.38. The summed E-state index contributed by atoms with van der Waals surface area (Å²) in [7, 11) is 0. The van der Waals surface area contributed by atoms with E-state index >= 15 is 0 Å². The van der Waals surface area contributed by atoms with Gasteiger partial charge in [0, 0.05) is 19.1 Å². The third kappa shape index (κ3) is 3.13. The van der Waals surface area contributed by atoms with Gasteiger partial charge >= 0.3 is 12.0 Å². The standard InChI is InChI=1S/C12H23N3O3/c1-3-12(4-2,10(16)17)14-11(18)15-7-5-6-9(13)8-15/h9H,3-8,13H2,1-2H3,(H,14,18)(H,16,17). The second-order valence-corrected chi connectivity index (χ2v) is 4.87. The van der Waals surface area contributed by atoms with Crippen LogP contribution in [0.5, 0.6) is 0 Å². The molecule has 1 rings (SSSR count). The topological polar surface area (TPSA) is 95.7 Å². The summed E-state index contributed by atoms with van der Waals surface area (Å²) in [5.74, 6) is -0.984. The summed E-state index contributed by atoms with van der Waals surface area (Å²) < 4.78 is 0. The number of piperidine rings is 1. The van der Waals surface area contributed by atoms with Crippen LogP contribution in [0.15, 0.2) is 0 Å². The zero-order valence-electron chi connectivity index (χ0n) is 11.1. The number of nitrogens with zero attached hydrogens (tertiary/aromatic N) is 1. The molecule has 0 bridgehead atoms. The second kappa shape index (κ2) is 6.04. The molecule has 6 heteroatoms. The van der Waals surface area contributed by atoms with Crippen LogP contribution in [-0.2, 0) is 4.79 Å². The maximum Gasteiger partial charge on any atom is 0.329 e. The third-order valence-corrected chi connectivity index (χ3v) is 3.71. The highest BCUT2D eigenvalue weighted by molar-refractivity contribution is 5.86. The van der Waals surface area contributed by atoms with Crippen LogP contribution in [0.1, 0.15) is 39.5 Å². The molecule has 2 amide bonds. The van der Waals surface area contributed by atoms with Gasteiger partial charge in [-0.15, -0.1) is 0 Å². The summed E-state index contributed by atoms with van der Waals surface area (Å²) in [5, 5.41) is 11.9. The monoisotopic (exact) mass is 257 g/mol. The van der Waals surface area contributed by atoms with Crippen molar-refractivity contribution in [1.82, 2.24) is 10.2 Å². The Morgan fingerprint density at radius 1 is 1.44 bits per heavy atom. The van der Waals surface area contributed by atoms with Crippen molar-refractivity contribution in [2.45, 2.75) is 51.1 Å². The molecular weight excluding hydrogens is 234 g/mol. The Bertz CT molecular complexity index is 316. The Hall–Kier alpha value is -1.30. The Morgan fingerprint density at radius 3 is 2.50 bits per heavy atom. The Kier molecular flexibility index (Phi) is 4.95. The van der Waals surface area contributed by atoms with Crippen LogP contribution in [0.4, 0.5) is 4.79 Å². The molecule has 18 heavy (non-hydrogen) atoms. The molecule has 104 valence electrons. The van der Waals surface area contributed by atoms with Crippen LogP contribution < -0.4 is 11.1 Å². The number of likely N-dealkylation sites (tertiary alicyclic amines) is 1. The van der Waals surface area contributed by atoms with Crippen LogP contribution in [0.25, 0.3) is 0 Å². The number of rotatable bonds is 4. The van der Waals surface area contributed by atoms with Crippen LogP contribution in [-0.4, -0.2) is 46.7 Å². The molecule has 4 N–H and O–H groups in total. The number of urea groups is 1. The molecule has 0 spiro atoms. The third-order valence-electron chi connectivity index (χ3n) is 3.71. The van der Waals surface area contributed by atoms with Crippen LogP contribution in [0.3, 0.4) is 0 Å². The molecule has 1 unspecified atom stereocenters. The molecule has 0 aromatic rings. The van der Waals surface area contributed by atoms with Crippen molar-refractivity contribution in [2.75, 3.05) is 13.1 Å². The quantitative estimate of drug-likeness (QED) is 0.693. The predicted molar refractivity (Wildman–Crippen MR) is 68.3 cm³/mol. The second-order valence-electron chi connectivity index (χ2n) is 4.87. The molecule has 1 atom stereocenters. The van der Waals surface area contributed by atoms with Crippen molar-refractivity contribution in [3.05, 3.63) is 0 Å². The summed E-state index contributed by atoms with van der Waals surface area (Å²) in [5.41, 5.74) is 4.65. The van der Waals surface area contributed by atoms with Gasteiger partial charge in [0.05, 0.1) is 0 Å². The first-order valence-electron chi connectivity index (χ1n) is 6.51. The number of carboxylic acids is 1. The number of hydrogen-bond donors (Lipinski definition) is 3. The van der Waals surface area contributed by atoms with E-state index in [-0.39, 0.29) is 12.1 Å². The van der Waals surface area contributed by atoms with Crippen molar-refractivity contribution in [3.63, 3.8) is 0 Å². The van der Waals surface area contributed by atoms with E-state index in [0.717, 1.165) is 12.8 Å². The molecule has 1 heterocycles. The van der Waals surface area contributed by atoms with E-state index in [0.29, 0.717) is 25.9 Å². The van der Waals surface area contributed by atoms with E-state index in [1.54, 1.807) is 18.7 Å². The molecule has 6 nitrogen and oxygen atoms in total. The summed E-state index contributed by atoms with van der Waals surface area (Å²) in [6.45, 7) is 4.66. The summed E-state index contributed by atoms with van der Waals surface area (Å²) in [4.78, 5) is 25.0. The number of carbonyl (C=O) groups is 2. The first-order chi connectivity index (χ1) is 8.45. The fourth-order valence-corrected chi connectivity index (χ4v) is 2.26. The lowest BCUT2D eigenvalue weighted by Gasteiger charge is -2.35. The van der Waals surface area contributed by atoms with E-state index in [1.807, 2.05) is 0 Å². The van der Waals surface area contributed by atoms with Crippen molar-refractivity contribution < 1.29 is 14.7 Å². The average molecular weight is 257 g/mol. The molecule has 0 aliphatic carbocycles. The first kappa shape index (κ1) is 14.8. The van der Waals surface area contributed by atoms with Crippen LogP contribution >= 0.6 is 0 Å². The predicted octanol–water partition coefficient (Wildman–Crippen LogP) is 0.763. The van der Waals surface area contributed by atoms with Crippen molar-refractivity contribution >= 4 is 12.0 Å². The summed E-state index contributed by atoms with van der Waals surface area (Å²) in [6.07, 6.45) is 2.51. The zero-order valence-corrected chi connectivity index (χ0v) is 11.1. The van der Waals surface area contributed by atoms with Gasteiger partial charge in [-0.2, -0.15) is 0 Å². The fraction of sp³-hybridized carbons (Fsp3) is 0.833. The Balaban J connectivity index is 2.69. The minimum Gasteiger partial charge on any atom is -0.480 e. The number of carboxylic acid groups (broad SMARTS) is 1. The number of amides is 2. The molecule has 0 saturated carbocycles. The molecular formula is C12H23N3O3. The van der Waals surface area contributed by atoms with Crippen LogP contribution in [0, 0.1) is 0 Å². The largest absolute Gasteiger partial charge is 0.480 e. The lowest BCUT2D eigenvalue weighted by atomic mass is 9.93. The van der Waals surface area contributed by atoms with E-state index in [1.165, 1.54) is 0 Å². The molecule has 1 saturated heterocycles. The maximum absolute atomic E-state index is 12.1. The SMILES string of the molecule is CCC(CC)(NC(=O)N1CCCC(N)C1)C(=O)O. The summed E-state index contributed by atoms with van der Waals surface area (Å²) >= 11 is 0. The van der Waals surface area contributed by atoms with Gasteiger partial charge in [0.15, 0.2) is 0 Å². The van der Waals surface area contributed by atoms with Gasteiger partial charge in [0.25, 0.3) is 0 Å². The van der Waals surface area contributed by atoms with E-state index in [9.17, 15) is 14.7 Å². The highest BCUT2D eigenvalue weighted by atomic mass is 16.4. The number of carbonyl (C=O) groups excluding carboxylic acids is 1. The van der Waals surface area contributed by atoms with Crippen molar-refractivity contribution in [3.8, 4) is 0 Å². The lowest BCUT2D eigenvalue weighted by molar-refractivity contribution is -0.144. The van der Waals surface area contributed by atoms with Gasteiger partial charge in [0.2, 0.25) is 0 Å². The maximum atomic E-state index is 12.1. The Morgan fingerprint density at radius 2 is 2.06 bits per heavy atom. The zero-order chi connectivity index (χ0) is 13.8. The summed E-state index contributed by atoms with van der Waals surface area (Å²) in [6, 6.07) is -0.330. The number of nitrogens with one attached hydrogen (secondary N) is 1.